The van der Waals surface area contributed by atoms with Gasteiger partial charge in [0.15, 0.2) is 0 Å². The van der Waals surface area contributed by atoms with Crippen LogP contribution in [-0.4, -0.2) is 11.0 Å². The van der Waals surface area contributed by atoms with Crippen LogP contribution in [0.5, 0.6) is 0 Å². The van der Waals surface area contributed by atoms with Gasteiger partial charge in [-0.25, -0.2) is 0 Å². The van der Waals surface area contributed by atoms with Gasteiger partial charge in [0.2, 0.25) is 0 Å². The molecular weight excluding hydrogens is 321 g/mol. The second-order valence-corrected chi connectivity index (χ2v) is 5.05. The number of pyridine rings is 1. The number of aromatic nitrogens is 1. The van der Waals surface area contributed by atoms with Gasteiger partial charge in [-0.2, -0.15) is 13.2 Å². The highest BCUT2D eigenvalue weighted by atomic mass is 19.4. The molecular formula is C17H10F3N2O2-. The molecule has 24 heavy (non-hydrogen) atoms. The van der Waals surface area contributed by atoms with E-state index < -0.39 is 17.7 Å². The largest absolute Gasteiger partial charge is 0.545 e. The predicted octanol–water partition coefficient (Wildman–Crippen LogP) is 3.36. The average molecular weight is 331 g/mol. The number of benzene rings is 2. The molecule has 0 aliphatic carbocycles. The van der Waals surface area contributed by atoms with Crippen LogP contribution in [0, 0.1) is 0 Å². The topological polar surface area (TPSA) is 65.0 Å². The Morgan fingerprint density at radius 2 is 1.79 bits per heavy atom. The smallest absolute Gasteiger partial charge is 0.416 e. The Kier molecular flexibility index (Phi) is 3.84. The molecule has 0 radical (unpaired) electrons. The standard InChI is InChI=1S/C17H11F3N2O2/c18-17(19,20)10-5-6-11-14(7-8-21-15(11)9-10)22-13-4-2-1-3-12(13)16(23)24/h1-9H,(H,21,22)(H,23,24)/p-1. The summed E-state index contributed by atoms with van der Waals surface area (Å²) in [6.07, 6.45) is -3.10. The molecule has 0 aliphatic rings. The first-order chi connectivity index (χ1) is 11.4. The van der Waals surface area contributed by atoms with Crippen molar-refractivity contribution in [2.75, 3.05) is 5.32 Å². The van der Waals surface area contributed by atoms with Gasteiger partial charge in [-0.3, -0.25) is 4.98 Å². The number of hydrogen-bond donors (Lipinski definition) is 1. The summed E-state index contributed by atoms with van der Waals surface area (Å²) in [6.45, 7) is 0. The minimum absolute atomic E-state index is 0.0469. The summed E-state index contributed by atoms with van der Waals surface area (Å²) in [6, 6.07) is 10.9. The number of nitrogens with zero attached hydrogens (tertiary/aromatic N) is 1. The summed E-state index contributed by atoms with van der Waals surface area (Å²) >= 11 is 0. The minimum Gasteiger partial charge on any atom is -0.545 e. The van der Waals surface area contributed by atoms with Crippen molar-refractivity contribution in [1.82, 2.24) is 4.98 Å². The molecule has 1 N–H and O–H groups in total. The molecule has 0 saturated carbocycles. The van der Waals surface area contributed by atoms with Gasteiger partial charge in [-0.05, 0) is 24.3 Å². The molecule has 0 bridgehead atoms. The van der Waals surface area contributed by atoms with Crippen LogP contribution in [-0.2, 0) is 6.18 Å². The van der Waals surface area contributed by atoms with Gasteiger partial charge in [0.25, 0.3) is 0 Å². The van der Waals surface area contributed by atoms with Crippen molar-refractivity contribution in [3.8, 4) is 0 Å². The molecule has 3 aromatic rings. The van der Waals surface area contributed by atoms with Crippen molar-refractivity contribution in [3.63, 3.8) is 0 Å². The molecule has 0 amide bonds. The number of carbonyl (C=O) groups excluding carboxylic acids is 1. The van der Waals surface area contributed by atoms with Crippen LogP contribution < -0.4 is 10.4 Å². The van der Waals surface area contributed by atoms with E-state index in [0.29, 0.717) is 11.1 Å². The molecule has 1 heterocycles. The lowest BCUT2D eigenvalue weighted by atomic mass is 10.1. The molecule has 0 saturated heterocycles. The quantitative estimate of drug-likeness (QED) is 0.799. The number of para-hydroxylation sites is 1. The number of carboxylic acid groups (broad SMARTS) is 1. The van der Waals surface area contributed by atoms with Gasteiger partial charge in [0, 0.05) is 28.5 Å². The van der Waals surface area contributed by atoms with Crippen molar-refractivity contribution in [3.05, 3.63) is 65.9 Å². The Balaban J connectivity index is 2.07. The fourth-order valence-electron chi connectivity index (χ4n) is 2.35. The van der Waals surface area contributed by atoms with E-state index in [1.54, 1.807) is 24.3 Å². The number of halogens is 3. The number of alkyl halides is 3. The third-order valence-corrected chi connectivity index (χ3v) is 3.49. The third-order valence-electron chi connectivity index (χ3n) is 3.49. The Bertz CT molecular complexity index is 923. The molecule has 0 aliphatic heterocycles. The van der Waals surface area contributed by atoms with Gasteiger partial charge in [-0.1, -0.05) is 24.3 Å². The summed E-state index contributed by atoms with van der Waals surface area (Å²) in [7, 11) is 0. The molecule has 0 fully saturated rings. The summed E-state index contributed by atoms with van der Waals surface area (Å²) in [5.41, 5.74) is 0.0391. The Morgan fingerprint density at radius 3 is 2.50 bits per heavy atom. The predicted molar refractivity (Wildman–Crippen MR) is 80.8 cm³/mol. The molecule has 2 aromatic carbocycles. The fraction of sp³-hybridized carbons (Fsp3) is 0.0588. The third kappa shape index (κ3) is 3.01. The molecule has 3 rings (SSSR count). The van der Waals surface area contributed by atoms with E-state index in [2.05, 4.69) is 10.3 Å². The average Bonchev–Trinajstić information content (AvgIpc) is 2.54. The first kappa shape index (κ1) is 15.8. The van der Waals surface area contributed by atoms with Crippen LogP contribution in [0.15, 0.2) is 54.7 Å². The van der Waals surface area contributed by atoms with E-state index in [1.165, 1.54) is 18.3 Å². The van der Waals surface area contributed by atoms with Gasteiger partial charge in [0.05, 0.1) is 17.0 Å². The summed E-state index contributed by atoms with van der Waals surface area (Å²) in [5, 5.41) is 14.5. The van der Waals surface area contributed by atoms with E-state index in [1.807, 2.05) is 0 Å². The van der Waals surface area contributed by atoms with Crippen LogP contribution in [0.3, 0.4) is 0 Å². The highest BCUT2D eigenvalue weighted by molar-refractivity contribution is 5.98. The van der Waals surface area contributed by atoms with E-state index >= 15 is 0 Å². The van der Waals surface area contributed by atoms with Crippen molar-refractivity contribution in [1.29, 1.82) is 0 Å². The van der Waals surface area contributed by atoms with E-state index in [4.69, 9.17) is 0 Å². The molecule has 1 aromatic heterocycles. The molecule has 0 spiro atoms. The zero-order valence-electron chi connectivity index (χ0n) is 12.1. The zero-order chi connectivity index (χ0) is 17.3. The maximum absolute atomic E-state index is 12.8. The molecule has 7 heteroatoms. The summed E-state index contributed by atoms with van der Waals surface area (Å²) in [4.78, 5) is 15.1. The zero-order valence-corrected chi connectivity index (χ0v) is 12.1. The number of fused-ring (bicyclic) bond motifs is 1. The Morgan fingerprint density at radius 1 is 1.04 bits per heavy atom. The number of hydrogen-bond acceptors (Lipinski definition) is 4. The maximum Gasteiger partial charge on any atom is 0.416 e. The molecule has 4 nitrogen and oxygen atoms in total. The first-order valence-electron chi connectivity index (χ1n) is 6.89. The second-order valence-electron chi connectivity index (χ2n) is 5.05. The van der Waals surface area contributed by atoms with Crippen LogP contribution in [0.4, 0.5) is 24.5 Å². The highest BCUT2D eigenvalue weighted by Crippen LogP contribution is 2.33. The van der Waals surface area contributed by atoms with Gasteiger partial charge < -0.3 is 15.2 Å². The monoisotopic (exact) mass is 331 g/mol. The number of anilines is 2. The number of carbonyl (C=O) groups is 1. The van der Waals surface area contributed by atoms with Crippen LogP contribution in [0.1, 0.15) is 15.9 Å². The van der Waals surface area contributed by atoms with Gasteiger partial charge in [-0.15, -0.1) is 0 Å². The van der Waals surface area contributed by atoms with Crippen LogP contribution >= 0.6 is 0 Å². The minimum atomic E-state index is -4.46. The normalized spacial score (nSPS) is 11.5. The van der Waals surface area contributed by atoms with Crippen molar-refractivity contribution >= 4 is 28.2 Å². The lowest BCUT2D eigenvalue weighted by Crippen LogP contribution is -2.23. The molecule has 0 atom stereocenters. The second kappa shape index (κ2) is 5.84. The van der Waals surface area contributed by atoms with Crippen LogP contribution in [0.2, 0.25) is 0 Å². The highest BCUT2D eigenvalue weighted by Gasteiger charge is 2.30. The number of aromatic carboxylic acids is 1. The first-order valence-corrected chi connectivity index (χ1v) is 6.89. The van der Waals surface area contributed by atoms with E-state index in [9.17, 15) is 23.1 Å². The van der Waals surface area contributed by atoms with Gasteiger partial charge in [0.1, 0.15) is 0 Å². The summed E-state index contributed by atoms with van der Waals surface area (Å²) in [5.74, 6) is -1.35. The van der Waals surface area contributed by atoms with Gasteiger partial charge >= 0.3 is 6.18 Å². The van der Waals surface area contributed by atoms with Crippen molar-refractivity contribution < 1.29 is 23.1 Å². The van der Waals surface area contributed by atoms with Crippen molar-refractivity contribution in [2.45, 2.75) is 6.18 Å². The van der Waals surface area contributed by atoms with Crippen molar-refractivity contribution in [2.24, 2.45) is 0 Å². The lowest BCUT2D eigenvalue weighted by Gasteiger charge is -2.15. The summed E-state index contributed by atoms with van der Waals surface area (Å²) < 4.78 is 38.4. The Labute approximate surface area is 134 Å². The lowest BCUT2D eigenvalue weighted by molar-refractivity contribution is -0.254. The number of carboxylic acids is 1. The number of rotatable bonds is 3. The molecule has 122 valence electrons. The SMILES string of the molecule is O=C([O-])c1ccccc1Nc1ccnc2cc(C(F)(F)F)ccc12. The maximum atomic E-state index is 12.8. The molecule has 0 unspecified atom stereocenters. The fourth-order valence-corrected chi connectivity index (χ4v) is 2.35. The van der Waals surface area contributed by atoms with Crippen LogP contribution in [0.25, 0.3) is 10.9 Å². The Hall–Kier alpha value is -3.09. The van der Waals surface area contributed by atoms with E-state index in [-0.39, 0.29) is 16.8 Å². The number of nitrogens with one attached hydrogen (secondary N) is 1. The van der Waals surface area contributed by atoms with E-state index in [0.717, 1.165) is 12.1 Å².